The van der Waals surface area contributed by atoms with Crippen LogP contribution in [0, 0.1) is 0 Å². The second kappa shape index (κ2) is 9.30. The summed E-state index contributed by atoms with van der Waals surface area (Å²) in [5, 5.41) is 5.60. The number of urea groups is 1. The Bertz CT molecular complexity index is 412. The van der Waals surface area contributed by atoms with E-state index in [-0.39, 0.29) is 6.03 Å². The number of hydrogen-bond acceptors (Lipinski definition) is 4. The summed E-state index contributed by atoms with van der Waals surface area (Å²) in [5.41, 5.74) is 7.30. The molecule has 2 amide bonds. The first-order chi connectivity index (χ1) is 9.65. The summed E-state index contributed by atoms with van der Waals surface area (Å²) in [6, 6.07) is 7.29. The zero-order valence-corrected chi connectivity index (χ0v) is 12.2. The molecule has 20 heavy (non-hydrogen) atoms. The van der Waals surface area contributed by atoms with Crippen LogP contribution in [-0.4, -0.2) is 51.3 Å². The van der Waals surface area contributed by atoms with E-state index in [4.69, 9.17) is 10.5 Å². The second-order valence-electron chi connectivity index (χ2n) is 4.58. The first-order valence-electron chi connectivity index (χ1n) is 6.67. The van der Waals surface area contributed by atoms with Gasteiger partial charge < -0.3 is 26.0 Å². The maximum absolute atomic E-state index is 11.7. The standard InChI is InChI=1S/C14H24N4O2/c1-18(8-9-20-2)7-6-16-14(19)17-13-5-3-4-12(10-13)11-15/h3-5,10H,6-9,11,15H2,1-2H3,(H2,16,17,19). The summed E-state index contributed by atoms with van der Waals surface area (Å²) in [4.78, 5) is 13.8. The lowest BCUT2D eigenvalue weighted by atomic mass is 10.2. The molecule has 1 aromatic carbocycles. The largest absolute Gasteiger partial charge is 0.383 e. The van der Waals surface area contributed by atoms with E-state index < -0.39 is 0 Å². The molecule has 0 unspecified atom stereocenters. The second-order valence-corrected chi connectivity index (χ2v) is 4.58. The molecule has 6 nitrogen and oxygen atoms in total. The minimum Gasteiger partial charge on any atom is -0.383 e. The van der Waals surface area contributed by atoms with E-state index in [1.807, 2.05) is 31.3 Å². The number of ether oxygens (including phenoxy) is 1. The monoisotopic (exact) mass is 280 g/mol. The van der Waals surface area contributed by atoms with E-state index in [1.54, 1.807) is 7.11 Å². The summed E-state index contributed by atoms with van der Waals surface area (Å²) in [6.07, 6.45) is 0. The maximum atomic E-state index is 11.7. The highest BCUT2D eigenvalue weighted by molar-refractivity contribution is 5.89. The fourth-order valence-electron chi connectivity index (χ4n) is 1.67. The smallest absolute Gasteiger partial charge is 0.319 e. The van der Waals surface area contributed by atoms with Crippen molar-refractivity contribution >= 4 is 11.7 Å². The van der Waals surface area contributed by atoms with Crippen molar-refractivity contribution in [1.29, 1.82) is 0 Å². The molecule has 0 fully saturated rings. The van der Waals surface area contributed by atoms with Gasteiger partial charge in [0.15, 0.2) is 0 Å². The number of nitrogens with two attached hydrogens (primary N) is 1. The van der Waals surface area contributed by atoms with Crippen LogP contribution in [0.15, 0.2) is 24.3 Å². The van der Waals surface area contributed by atoms with Crippen LogP contribution in [0.2, 0.25) is 0 Å². The molecule has 1 rings (SSSR count). The van der Waals surface area contributed by atoms with Crippen LogP contribution in [0.5, 0.6) is 0 Å². The highest BCUT2D eigenvalue weighted by Crippen LogP contribution is 2.09. The number of amides is 2. The molecule has 112 valence electrons. The molecule has 0 aliphatic heterocycles. The number of carbonyl (C=O) groups is 1. The van der Waals surface area contributed by atoms with Gasteiger partial charge in [0, 0.05) is 39.0 Å². The number of rotatable bonds is 8. The molecule has 0 saturated heterocycles. The van der Waals surface area contributed by atoms with Crippen molar-refractivity contribution in [3.05, 3.63) is 29.8 Å². The van der Waals surface area contributed by atoms with E-state index in [2.05, 4.69) is 15.5 Å². The number of hydrogen-bond donors (Lipinski definition) is 3. The number of nitrogens with one attached hydrogen (secondary N) is 2. The Morgan fingerprint density at radius 2 is 2.20 bits per heavy atom. The summed E-state index contributed by atoms with van der Waals surface area (Å²) in [5.74, 6) is 0. The minimum absolute atomic E-state index is 0.209. The van der Waals surface area contributed by atoms with Crippen LogP contribution in [0.1, 0.15) is 5.56 Å². The van der Waals surface area contributed by atoms with Crippen molar-refractivity contribution in [2.45, 2.75) is 6.54 Å². The lowest BCUT2D eigenvalue weighted by molar-refractivity contribution is 0.161. The van der Waals surface area contributed by atoms with Crippen molar-refractivity contribution in [3.8, 4) is 0 Å². The quantitative estimate of drug-likeness (QED) is 0.659. The average molecular weight is 280 g/mol. The molecule has 4 N–H and O–H groups in total. The van der Waals surface area contributed by atoms with Gasteiger partial charge in [-0.2, -0.15) is 0 Å². The molecular weight excluding hydrogens is 256 g/mol. The van der Waals surface area contributed by atoms with Crippen molar-refractivity contribution in [2.24, 2.45) is 5.73 Å². The van der Waals surface area contributed by atoms with Gasteiger partial charge in [0.25, 0.3) is 0 Å². The Morgan fingerprint density at radius 3 is 2.90 bits per heavy atom. The van der Waals surface area contributed by atoms with Gasteiger partial charge in [-0.05, 0) is 24.7 Å². The van der Waals surface area contributed by atoms with E-state index in [9.17, 15) is 4.79 Å². The normalized spacial score (nSPS) is 10.6. The highest BCUT2D eigenvalue weighted by atomic mass is 16.5. The van der Waals surface area contributed by atoms with Crippen LogP contribution in [0.3, 0.4) is 0 Å². The van der Waals surface area contributed by atoms with Gasteiger partial charge in [0.2, 0.25) is 0 Å². The van der Waals surface area contributed by atoms with E-state index in [1.165, 1.54) is 0 Å². The van der Waals surface area contributed by atoms with Gasteiger partial charge in [-0.25, -0.2) is 4.79 Å². The summed E-state index contributed by atoms with van der Waals surface area (Å²) < 4.78 is 4.99. The Morgan fingerprint density at radius 1 is 1.40 bits per heavy atom. The Balaban J connectivity index is 2.26. The number of likely N-dealkylation sites (N-methyl/N-ethyl adjacent to an activating group) is 1. The molecule has 0 bridgehead atoms. The fourth-order valence-corrected chi connectivity index (χ4v) is 1.67. The minimum atomic E-state index is -0.209. The zero-order valence-electron chi connectivity index (χ0n) is 12.2. The van der Waals surface area contributed by atoms with Crippen molar-refractivity contribution in [3.63, 3.8) is 0 Å². The first kappa shape index (κ1) is 16.4. The molecule has 0 saturated carbocycles. The van der Waals surface area contributed by atoms with Crippen LogP contribution >= 0.6 is 0 Å². The zero-order chi connectivity index (χ0) is 14.8. The van der Waals surface area contributed by atoms with Gasteiger partial charge >= 0.3 is 6.03 Å². The summed E-state index contributed by atoms with van der Waals surface area (Å²) >= 11 is 0. The van der Waals surface area contributed by atoms with Crippen LogP contribution in [-0.2, 0) is 11.3 Å². The van der Waals surface area contributed by atoms with E-state index in [0.29, 0.717) is 19.7 Å². The number of carbonyl (C=O) groups excluding carboxylic acids is 1. The van der Waals surface area contributed by atoms with Crippen LogP contribution in [0.25, 0.3) is 0 Å². The number of anilines is 1. The third-order valence-corrected chi connectivity index (χ3v) is 2.88. The van der Waals surface area contributed by atoms with E-state index in [0.717, 1.165) is 24.3 Å². The number of benzene rings is 1. The van der Waals surface area contributed by atoms with Gasteiger partial charge in [0.1, 0.15) is 0 Å². The highest BCUT2D eigenvalue weighted by Gasteiger charge is 2.03. The number of methoxy groups -OCH3 is 1. The Kier molecular flexibility index (Phi) is 7.64. The molecule has 0 aliphatic carbocycles. The lowest BCUT2D eigenvalue weighted by Gasteiger charge is -2.16. The van der Waals surface area contributed by atoms with Gasteiger partial charge in [-0.3, -0.25) is 0 Å². The van der Waals surface area contributed by atoms with Crippen LogP contribution in [0.4, 0.5) is 10.5 Å². The predicted octanol–water partition coefficient (Wildman–Crippen LogP) is 0.845. The van der Waals surface area contributed by atoms with Crippen molar-refractivity contribution in [1.82, 2.24) is 10.2 Å². The summed E-state index contributed by atoms with van der Waals surface area (Å²) in [7, 11) is 3.67. The topological polar surface area (TPSA) is 79.6 Å². The van der Waals surface area contributed by atoms with Crippen molar-refractivity contribution in [2.75, 3.05) is 45.7 Å². The molecule has 0 aromatic heterocycles. The molecular formula is C14H24N4O2. The summed E-state index contributed by atoms with van der Waals surface area (Å²) in [6.45, 7) is 3.36. The van der Waals surface area contributed by atoms with Crippen LogP contribution < -0.4 is 16.4 Å². The molecule has 0 radical (unpaired) electrons. The van der Waals surface area contributed by atoms with Gasteiger partial charge in [-0.15, -0.1) is 0 Å². The third-order valence-electron chi connectivity index (χ3n) is 2.88. The third kappa shape index (κ3) is 6.51. The van der Waals surface area contributed by atoms with E-state index >= 15 is 0 Å². The Hall–Kier alpha value is -1.63. The molecule has 0 spiro atoms. The van der Waals surface area contributed by atoms with Gasteiger partial charge in [-0.1, -0.05) is 12.1 Å². The molecule has 0 heterocycles. The maximum Gasteiger partial charge on any atom is 0.319 e. The molecule has 0 aliphatic rings. The number of nitrogens with zero attached hydrogens (tertiary/aromatic N) is 1. The first-order valence-corrected chi connectivity index (χ1v) is 6.67. The fraction of sp³-hybridized carbons (Fsp3) is 0.500. The predicted molar refractivity (Wildman–Crippen MR) is 80.7 cm³/mol. The van der Waals surface area contributed by atoms with Gasteiger partial charge in [0.05, 0.1) is 6.61 Å². The molecule has 0 atom stereocenters. The van der Waals surface area contributed by atoms with Crippen molar-refractivity contribution < 1.29 is 9.53 Å². The lowest BCUT2D eigenvalue weighted by Crippen LogP contribution is -2.36. The Labute approximate surface area is 120 Å². The average Bonchev–Trinajstić information content (AvgIpc) is 2.45. The molecule has 6 heteroatoms. The SMILES string of the molecule is COCCN(C)CCNC(=O)Nc1cccc(CN)c1. The molecule has 1 aromatic rings.